The number of benzene rings is 1. The number of nitrogens with one attached hydrogen (secondary N) is 1. The molecule has 2 heterocycles. The molecule has 0 aromatic heterocycles. The van der Waals surface area contributed by atoms with Gasteiger partial charge in [0.2, 0.25) is 0 Å². The lowest BCUT2D eigenvalue weighted by Crippen LogP contribution is -2.62. The molecule has 2 fully saturated rings. The Morgan fingerprint density at radius 3 is 2.52 bits per heavy atom. The summed E-state index contributed by atoms with van der Waals surface area (Å²) >= 11 is 0. The Hall–Kier alpha value is -1.46. The Morgan fingerprint density at radius 2 is 1.91 bits per heavy atom. The first-order valence-corrected chi connectivity index (χ1v) is 9.03. The summed E-state index contributed by atoms with van der Waals surface area (Å²) in [5.74, 6) is 0. The number of aryl methyl sites for hydroxylation is 1. The van der Waals surface area contributed by atoms with Crippen LogP contribution in [0.5, 0.6) is 0 Å². The molecule has 5 heteroatoms. The van der Waals surface area contributed by atoms with E-state index in [1.807, 2.05) is 13.0 Å². The molecule has 1 aromatic carbocycles. The van der Waals surface area contributed by atoms with Crippen molar-refractivity contribution in [3.8, 4) is 0 Å². The van der Waals surface area contributed by atoms with Gasteiger partial charge in [-0.25, -0.2) is 0 Å². The maximum absolute atomic E-state index is 11.2. The van der Waals surface area contributed by atoms with Crippen LogP contribution in [0.3, 0.4) is 0 Å². The van der Waals surface area contributed by atoms with Gasteiger partial charge in [-0.2, -0.15) is 0 Å². The number of likely N-dealkylation sites (tertiary alicyclic amines) is 1. The largest absolute Gasteiger partial charge is 0.316 e. The maximum atomic E-state index is 11.2. The average molecular weight is 318 g/mol. The minimum atomic E-state index is -0.242. The third kappa shape index (κ3) is 3.12. The van der Waals surface area contributed by atoms with E-state index >= 15 is 0 Å². The van der Waals surface area contributed by atoms with Gasteiger partial charge in [-0.05, 0) is 25.7 Å². The zero-order valence-corrected chi connectivity index (χ0v) is 14.1. The summed E-state index contributed by atoms with van der Waals surface area (Å²) in [6.45, 7) is 6.57. The van der Waals surface area contributed by atoms with E-state index in [1.54, 1.807) is 6.07 Å². The molecule has 3 rings (SSSR count). The molecule has 0 radical (unpaired) electrons. The molecule has 23 heavy (non-hydrogen) atoms. The summed E-state index contributed by atoms with van der Waals surface area (Å²) in [5.41, 5.74) is 2.46. The lowest BCUT2D eigenvalue weighted by atomic mass is 9.94. The van der Waals surface area contributed by atoms with E-state index in [4.69, 9.17) is 0 Å². The number of nitrogens with zero attached hydrogens (tertiary/aromatic N) is 2. The van der Waals surface area contributed by atoms with Gasteiger partial charge < -0.3 is 5.32 Å². The van der Waals surface area contributed by atoms with Gasteiger partial charge in [-0.15, -0.1) is 0 Å². The molecule has 2 aliphatic heterocycles. The van der Waals surface area contributed by atoms with Crippen molar-refractivity contribution in [2.24, 2.45) is 0 Å². The molecule has 0 aliphatic carbocycles. The first-order valence-electron chi connectivity index (χ1n) is 9.03. The van der Waals surface area contributed by atoms with E-state index in [0.29, 0.717) is 6.04 Å². The molecule has 2 saturated heterocycles. The maximum Gasteiger partial charge on any atom is 0.273 e. The van der Waals surface area contributed by atoms with Crippen molar-refractivity contribution in [3.05, 3.63) is 33.9 Å². The van der Waals surface area contributed by atoms with Crippen LogP contribution in [0.1, 0.15) is 44.6 Å². The molecule has 0 amide bonds. The van der Waals surface area contributed by atoms with Crippen molar-refractivity contribution >= 4 is 11.4 Å². The molecule has 2 aliphatic rings. The van der Waals surface area contributed by atoms with Gasteiger partial charge in [0.25, 0.3) is 5.69 Å². The summed E-state index contributed by atoms with van der Waals surface area (Å²) in [4.78, 5) is 11.0. The third-order valence-electron chi connectivity index (χ3n) is 5.78. The Labute approximate surface area is 138 Å². The molecular formula is C18H28N3O2+. The molecule has 0 atom stereocenters. The van der Waals surface area contributed by atoms with Gasteiger partial charge in [0.1, 0.15) is 5.69 Å². The number of nitro benzene ring substituents is 1. The molecule has 126 valence electrons. The van der Waals surface area contributed by atoms with Gasteiger partial charge in [-0.3, -0.25) is 14.6 Å². The van der Waals surface area contributed by atoms with E-state index < -0.39 is 0 Å². The Bertz CT molecular complexity index is 561. The van der Waals surface area contributed by atoms with Crippen LogP contribution in [-0.4, -0.2) is 37.1 Å². The highest BCUT2D eigenvalue weighted by Gasteiger charge is 2.41. The Morgan fingerprint density at radius 1 is 1.22 bits per heavy atom. The number of quaternary nitrogens is 1. The number of hydrogen-bond acceptors (Lipinski definition) is 3. The van der Waals surface area contributed by atoms with Crippen molar-refractivity contribution in [1.82, 2.24) is 9.80 Å². The predicted molar refractivity (Wildman–Crippen MR) is 93.7 cm³/mol. The third-order valence-corrected chi connectivity index (χ3v) is 5.78. The fourth-order valence-corrected chi connectivity index (χ4v) is 4.52. The molecule has 0 bridgehead atoms. The number of piperidine rings is 2. The number of nitro groups is 1. The van der Waals surface area contributed by atoms with Crippen molar-refractivity contribution in [1.29, 1.82) is 0 Å². The first-order chi connectivity index (χ1) is 11.2. The zero-order valence-electron chi connectivity index (χ0n) is 14.1. The second kappa shape index (κ2) is 6.97. The Balaban J connectivity index is 2.00. The summed E-state index contributed by atoms with van der Waals surface area (Å²) in [5, 5.41) is 14.7. The highest BCUT2D eigenvalue weighted by molar-refractivity contribution is 5.54. The summed E-state index contributed by atoms with van der Waals surface area (Å²) in [6, 6.07) is 6.56. The quantitative estimate of drug-likeness (QED) is 0.526. The van der Waals surface area contributed by atoms with Crippen molar-refractivity contribution in [2.75, 3.05) is 26.2 Å². The van der Waals surface area contributed by atoms with Crippen LogP contribution in [0.4, 0.5) is 11.4 Å². The van der Waals surface area contributed by atoms with E-state index in [0.717, 1.165) is 29.6 Å². The molecule has 0 unspecified atom stereocenters. The lowest BCUT2D eigenvalue weighted by Gasteiger charge is -2.48. The number of rotatable bonds is 4. The predicted octanol–water partition coefficient (Wildman–Crippen LogP) is 3.40. The van der Waals surface area contributed by atoms with Crippen molar-refractivity contribution < 1.29 is 4.92 Å². The summed E-state index contributed by atoms with van der Waals surface area (Å²) < 4.78 is 1.05. The van der Waals surface area contributed by atoms with Gasteiger partial charge in [-0.1, -0.05) is 6.92 Å². The monoisotopic (exact) mass is 318 g/mol. The van der Waals surface area contributed by atoms with Gasteiger partial charge in [0.05, 0.1) is 24.1 Å². The van der Waals surface area contributed by atoms with Gasteiger partial charge in [0, 0.05) is 49.7 Å². The van der Waals surface area contributed by atoms with Crippen LogP contribution in [0, 0.1) is 10.1 Å². The second-order valence-corrected chi connectivity index (χ2v) is 6.95. The van der Waals surface area contributed by atoms with E-state index in [1.165, 1.54) is 50.9 Å². The average Bonchev–Trinajstić information content (AvgIpc) is 2.62. The van der Waals surface area contributed by atoms with Crippen LogP contribution >= 0.6 is 0 Å². The molecule has 1 aromatic rings. The first kappa shape index (κ1) is 16.4. The van der Waals surface area contributed by atoms with Crippen molar-refractivity contribution in [2.45, 2.75) is 51.5 Å². The normalized spacial score (nSPS) is 22.0. The molecule has 1 N–H and O–H groups in total. The molecular weight excluding hydrogens is 290 g/mol. The smallest absolute Gasteiger partial charge is 0.273 e. The van der Waals surface area contributed by atoms with E-state index in [2.05, 4.69) is 11.4 Å². The minimum absolute atomic E-state index is 0.242. The van der Waals surface area contributed by atoms with Crippen molar-refractivity contribution in [3.63, 3.8) is 0 Å². The standard InChI is InChI=1S/C18H28N3O2/c1-2-15-14-17(6-7-18(15)20(22)23)21(12-4-3-5-13-21)16-8-10-19-11-9-16/h6-7,14,16,19H,2-5,8-13H2,1H3/q+1. The topological polar surface area (TPSA) is 55.2 Å². The highest BCUT2D eigenvalue weighted by atomic mass is 16.6. The van der Waals surface area contributed by atoms with Crippen LogP contribution in [-0.2, 0) is 6.42 Å². The molecule has 5 nitrogen and oxygen atoms in total. The van der Waals surface area contributed by atoms with Crippen LogP contribution in [0.15, 0.2) is 18.2 Å². The van der Waals surface area contributed by atoms with Crippen LogP contribution < -0.4 is 9.80 Å². The van der Waals surface area contributed by atoms with Gasteiger partial charge in [0.15, 0.2) is 0 Å². The summed E-state index contributed by atoms with van der Waals surface area (Å²) in [6.07, 6.45) is 6.98. The van der Waals surface area contributed by atoms with Crippen LogP contribution in [0.25, 0.3) is 0 Å². The zero-order chi connectivity index (χ0) is 16.3. The number of hydrogen-bond donors (Lipinski definition) is 1. The Kier molecular flexibility index (Phi) is 4.97. The second-order valence-electron chi connectivity index (χ2n) is 6.95. The van der Waals surface area contributed by atoms with Gasteiger partial charge >= 0.3 is 0 Å². The highest BCUT2D eigenvalue weighted by Crippen LogP contribution is 2.37. The fourth-order valence-electron chi connectivity index (χ4n) is 4.52. The van der Waals surface area contributed by atoms with E-state index in [-0.39, 0.29) is 10.6 Å². The summed E-state index contributed by atoms with van der Waals surface area (Å²) in [7, 11) is 0. The van der Waals surface area contributed by atoms with Crippen LogP contribution in [0.2, 0.25) is 0 Å². The fraction of sp³-hybridized carbons (Fsp3) is 0.667. The molecule has 0 spiro atoms. The SMILES string of the molecule is CCc1cc([N+]2(C3CCNCC3)CCCCC2)ccc1[N+](=O)[O-]. The van der Waals surface area contributed by atoms with E-state index in [9.17, 15) is 10.1 Å². The minimum Gasteiger partial charge on any atom is -0.316 e. The molecule has 0 saturated carbocycles. The lowest BCUT2D eigenvalue weighted by molar-refractivity contribution is -0.385.